The number of hydrogen-bond donors (Lipinski definition) is 3. The van der Waals surface area contributed by atoms with Crippen LogP contribution in [0.3, 0.4) is 0 Å². The maximum atomic E-state index is 10.7. The SMILES string of the molecule is CS(=O)(=O)NCCNC(=O)OCCO. The van der Waals surface area contributed by atoms with Crippen molar-refractivity contribution >= 4 is 16.1 Å². The standard InChI is InChI=1S/C6H14N2O5S/c1-14(11,12)8-3-2-7-6(10)13-5-4-9/h8-9H,2-5H2,1H3,(H,7,10). The summed E-state index contributed by atoms with van der Waals surface area (Å²) in [5.74, 6) is 0. The predicted molar refractivity (Wildman–Crippen MR) is 49.3 cm³/mol. The van der Waals surface area contributed by atoms with Crippen LogP contribution in [0.5, 0.6) is 0 Å². The molecule has 0 spiro atoms. The molecule has 0 atom stereocenters. The van der Waals surface area contributed by atoms with Crippen molar-refractivity contribution in [3.63, 3.8) is 0 Å². The molecule has 0 bridgehead atoms. The van der Waals surface area contributed by atoms with E-state index in [1.165, 1.54) is 0 Å². The van der Waals surface area contributed by atoms with E-state index in [1.54, 1.807) is 0 Å². The predicted octanol–water partition coefficient (Wildman–Crippen LogP) is -1.75. The number of sulfonamides is 1. The minimum Gasteiger partial charge on any atom is -0.447 e. The van der Waals surface area contributed by atoms with E-state index in [0.29, 0.717) is 0 Å². The minimum atomic E-state index is -3.22. The number of amides is 1. The van der Waals surface area contributed by atoms with Crippen LogP contribution in [0, 0.1) is 0 Å². The molecule has 0 aliphatic carbocycles. The van der Waals surface area contributed by atoms with Crippen molar-refractivity contribution in [2.45, 2.75) is 0 Å². The van der Waals surface area contributed by atoms with Crippen LogP contribution in [0.15, 0.2) is 0 Å². The molecule has 0 rings (SSSR count). The van der Waals surface area contributed by atoms with E-state index in [2.05, 4.69) is 14.8 Å². The number of carbonyl (C=O) groups excluding carboxylic acids is 1. The number of aliphatic hydroxyl groups is 1. The van der Waals surface area contributed by atoms with Gasteiger partial charge in [0.25, 0.3) is 0 Å². The lowest BCUT2D eigenvalue weighted by atomic mass is 10.6. The van der Waals surface area contributed by atoms with E-state index in [0.717, 1.165) is 6.26 Å². The third-order valence-electron chi connectivity index (χ3n) is 1.08. The van der Waals surface area contributed by atoms with Gasteiger partial charge in [0.2, 0.25) is 10.0 Å². The molecule has 0 aromatic rings. The van der Waals surface area contributed by atoms with Gasteiger partial charge in [0, 0.05) is 13.1 Å². The maximum absolute atomic E-state index is 10.7. The van der Waals surface area contributed by atoms with E-state index >= 15 is 0 Å². The summed E-state index contributed by atoms with van der Waals surface area (Å²) in [5, 5.41) is 10.6. The van der Waals surface area contributed by atoms with Gasteiger partial charge in [-0.15, -0.1) is 0 Å². The molecule has 0 aromatic carbocycles. The van der Waals surface area contributed by atoms with E-state index in [4.69, 9.17) is 5.11 Å². The van der Waals surface area contributed by atoms with Gasteiger partial charge in [-0.3, -0.25) is 0 Å². The third-order valence-corrected chi connectivity index (χ3v) is 1.81. The van der Waals surface area contributed by atoms with Crippen molar-refractivity contribution in [3.8, 4) is 0 Å². The molecule has 0 fully saturated rings. The molecule has 0 aliphatic rings. The van der Waals surface area contributed by atoms with Crippen molar-refractivity contribution in [2.75, 3.05) is 32.6 Å². The Bertz CT molecular complexity index is 263. The van der Waals surface area contributed by atoms with Crippen molar-refractivity contribution in [2.24, 2.45) is 0 Å². The monoisotopic (exact) mass is 226 g/mol. The minimum absolute atomic E-state index is 0.0780. The lowest BCUT2D eigenvalue weighted by Gasteiger charge is -2.05. The highest BCUT2D eigenvalue weighted by molar-refractivity contribution is 7.88. The summed E-state index contributed by atoms with van der Waals surface area (Å²) in [6.07, 6.45) is 0.339. The Morgan fingerprint density at radius 3 is 2.57 bits per heavy atom. The van der Waals surface area contributed by atoms with Crippen molar-refractivity contribution in [3.05, 3.63) is 0 Å². The van der Waals surface area contributed by atoms with Gasteiger partial charge in [-0.1, -0.05) is 0 Å². The van der Waals surface area contributed by atoms with Crippen LogP contribution >= 0.6 is 0 Å². The number of rotatable bonds is 6. The van der Waals surface area contributed by atoms with Crippen LogP contribution in [0.2, 0.25) is 0 Å². The molecule has 84 valence electrons. The molecule has 0 aromatic heterocycles. The van der Waals surface area contributed by atoms with Crippen LogP contribution in [0.25, 0.3) is 0 Å². The number of carbonyl (C=O) groups is 1. The van der Waals surface area contributed by atoms with E-state index in [1.807, 2.05) is 0 Å². The average Bonchev–Trinajstić information content (AvgIpc) is 2.07. The van der Waals surface area contributed by atoms with Gasteiger partial charge in [0.15, 0.2) is 0 Å². The molecule has 8 heteroatoms. The molecule has 3 N–H and O–H groups in total. The van der Waals surface area contributed by atoms with E-state index < -0.39 is 16.1 Å². The second-order valence-corrected chi connectivity index (χ2v) is 4.29. The summed E-state index contributed by atoms with van der Waals surface area (Å²) in [6, 6.07) is 0. The summed E-state index contributed by atoms with van der Waals surface area (Å²) in [4.78, 5) is 10.7. The van der Waals surface area contributed by atoms with Crippen LogP contribution in [0.1, 0.15) is 0 Å². The van der Waals surface area contributed by atoms with E-state index in [9.17, 15) is 13.2 Å². The number of nitrogens with one attached hydrogen (secondary N) is 2. The zero-order valence-corrected chi connectivity index (χ0v) is 8.63. The Hall–Kier alpha value is -0.860. The summed E-state index contributed by atoms with van der Waals surface area (Å²) in [7, 11) is -3.22. The highest BCUT2D eigenvalue weighted by Gasteiger charge is 2.02. The highest BCUT2D eigenvalue weighted by atomic mass is 32.2. The first-order valence-corrected chi connectivity index (χ1v) is 5.81. The van der Waals surface area contributed by atoms with Gasteiger partial charge in [0.1, 0.15) is 6.61 Å². The fourth-order valence-electron chi connectivity index (χ4n) is 0.590. The third kappa shape index (κ3) is 9.23. The number of ether oxygens (including phenoxy) is 1. The van der Waals surface area contributed by atoms with E-state index in [-0.39, 0.29) is 26.3 Å². The van der Waals surface area contributed by atoms with Gasteiger partial charge in [-0.05, 0) is 0 Å². The smallest absolute Gasteiger partial charge is 0.407 e. The summed E-state index contributed by atoms with van der Waals surface area (Å²) >= 11 is 0. The molecule has 0 unspecified atom stereocenters. The first-order valence-electron chi connectivity index (χ1n) is 3.92. The summed E-state index contributed by atoms with van der Waals surface area (Å²) in [5.41, 5.74) is 0. The molecule has 0 aliphatic heterocycles. The topological polar surface area (TPSA) is 105 Å². The zero-order valence-electron chi connectivity index (χ0n) is 7.82. The summed E-state index contributed by atoms with van der Waals surface area (Å²) in [6.45, 7) is -0.0786. The van der Waals surface area contributed by atoms with Gasteiger partial charge in [-0.2, -0.15) is 0 Å². The zero-order chi connectivity index (χ0) is 11.0. The maximum Gasteiger partial charge on any atom is 0.407 e. The normalized spacial score (nSPS) is 11.0. The van der Waals surface area contributed by atoms with Crippen LogP contribution in [0.4, 0.5) is 4.79 Å². The highest BCUT2D eigenvalue weighted by Crippen LogP contribution is 1.76. The first-order chi connectivity index (χ1) is 6.45. The van der Waals surface area contributed by atoms with Gasteiger partial charge >= 0.3 is 6.09 Å². The molecule has 0 saturated heterocycles. The molecule has 1 amide bonds. The quantitative estimate of drug-likeness (QED) is 0.466. The second kappa shape index (κ2) is 6.57. The first kappa shape index (κ1) is 13.1. The fraction of sp³-hybridized carbons (Fsp3) is 0.833. The number of hydrogen-bond acceptors (Lipinski definition) is 5. The van der Waals surface area contributed by atoms with Gasteiger partial charge in [-0.25, -0.2) is 17.9 Å². The Morgan fingerprint density at radius 1 is 1.43 bits per heavy atom. The van der Waals surface area contributed by atoms with Crippen LogP contribution in [-0.2, 0) is 14.8 Å². The Morgan fingerprint density at radius 2 is 2.07 bits per heavy atom. The Balaban J connectivity index is 3.41. The fourth-order valence-corrected chi connectivity index (χ4v) is 1.06. The molecule has 0 radical (unpaired) electrons. The lowest BCUT2D eigenvalue weighted by molar-refractivity contribution is 0.119. The average molecular weight is 226 g/mol. The molecular weight excluding hydrogens is 212 g/mol. The van der Waals surface area contributed by atoms with Crippen molar-refractivity contribution in [1.82, 2.24) is 10.0 Å². The molecule has 0 heterocycles. The lowest BCUT2D eigenvalue weighted by Crippen LogP contribution is -2.34. The van der Waals surface area contributed by atoms with Crippen molar-refractivity contribution in [1.29, 1.82) is 0 Å². The van der Waals surface area contributed by atoms with Gasteiger partial charge in [0.05, 0.1) is 12.9 Å². The molecule has 7 nitrogen and oxygen atoms in total. The molecule has 14 heavy (non-hydrogen) atoms. The van der Waals surface area contributed by atoms with Crippen molar-refractivity contribution < 1.29 is 23.1 Å². The molecule has 0 saturated carbocycles. The second-order valence-electron chi connectivity index (χ2n) is 2.45. The largest absolute Gasteiger partial charge is 0.447 e. The van der Waals surface area contributed by atoms with Crippen LogP contribution in [-0.4, -0.2) is 52.2 Å². The van der Waals surface area contributed by atoms with Crippen LogP contribution < -0.4 is 10.0 Å². The number of aliphatic hydroxyl groups excluding tert-OH is 1. The summed E-state index contributed by atoms with van der Waals surface area (Å²) < 4.78 is 27.8. The Labute approximate surface area is 82.5 Å². The Kier molecular flexibility index (Phi) is 6.17. The molecular formula is C6H14N2O5S. The number of alkyl carbamates (subject to hydrolysis) is 1. The van der Waals surface area contributed by atoms with Gasteiger partial charge < -0.3 is 15.2 Å².